The van der Waals surface area contributed by atoms with Crippen LogP contribution in [0.3, 0.4) is 0 Å². The standard InChI is InChI=1S/C26H21BrN4O/c1-18(32)31-25(16-24(28-31)19-12-14-21(27)15-13-19)23-17-30(22-10-6-3-7-11-22)29-26(23)20-8-4-2-5-9-20/h2-15,17,25H,16H2,1H3. The predicted molar refractivity (Wildman–Crippen MR) is 130 cm³/mol. The van der Waals surface area contributed by atoms with Gasteiger partial charge in [0.15, 0.2) is 0 Å². The van der Waals surface area contributed by atoms with Gasteiger partial charge in [0.1, 0.15) is 0 Å². The van der Waals surface area contributed by atoms with Crippen LogP contribution < -0.4 is 0 Å². The maximum absolute atomic E-state index is 12.6. The van der Waals surface area contributed by atoms with E-state index in [1.54, 1.807) is 11.9 Å². The van der Waals surface area contributed by atoms with E-state index >= 15 is 0 Å². The van der Waals surface area contributed by atoms with Gasteiger partial charge in [-0.1, -0.05) is 76.6 Å². The van der Waals surface area contributed by atoms with Gasteiger partial charge in [-0.05, 0) is 29.8 Å². The first-order valence-electron chi connectivity index (χ1n) is 10.4. The minimum atomic E-state index is -0.223. The van der Waals surface area contributed by atoms with Gasteiger partial charge < -0.3 is 0 Å². The van der Waals surface area contributed by atoms with Crippen LogP contribution in [-0.4, -0.2) is 26.4 Å². The molecular formula is C26H21BrN4O. The normalized spacial score (nSPS) is 15.6. The Morgan fingerprint density at radius 3 is 2.22 bits per heavy atom. The van der Waals surface area contributed by atoms with Crippen LogP contribution >= 0.6 is 15.9 Å². The van der Waals surface area contributed by atoms with Gasteiger partial charge in [0.05, 0.1) is 23.1 Å². The van der Waals surface area contributed by atoms with E-state index in [-0.39, 0.29) is 11.9 Å². The van der Waals surface area contributed by atoms with Crippen molar-refractivity contribution < 1.29 is 4.79 Å². The van der Waals surface area contributed by atoms with Crippen molar-refractivity contribution in [1.29, 1.82) is 0 Å². The second-order valence-corrected chi connectivity index (χ2v) is 8.63. The highest BCUT2D eigenvalue weighted by Crippen LogP contribution is 2.38. The van der Waals surface area contributed by atoms with Gasteiger partial charge in [0.25, 0.3) is 0 Å². The van der Waals surface area contributed by atoms with E-state index in [4.69, 9.17) is 10.2 Å². The zero-order chi connectivity index (χ0) is 22.1. The summed E-state index contributed by atoms with van der Waals surface area (Å²) in [7, 11) is 0. The van der Waals surface area contributed by atoms with E-state index in [9.17, 15) is 4.79 Å². The minimum absolute atomic E-state index is 0.0893. The van der Waals surface area contributed by atoms with Crippen molar-refractivity contribution in [3.05, 3.63) is 107 Å². The van der Waals surface area contributed by atoms with E-state index in [2.05, 4.69) is 15.9 Å². The van der Waals surface area contributed by atoms with Gasteiger partial charge in [0, 0.05) is 35.1 Å². The van der Waals surface area contributed by atoms with Gasteiger partial charge in [-0.15, -0.1) is 0 Å². The van der Waals surface area contributed by atoms with E-state index in [0.29, 0.717) is 6.42 Å². The Balaban J connectivity index is 1.60. The molecule has 1 amide bonds. The molecule has 0 saturated carbocycles. The number of para-hydroxylation sites is 1. The summed E-state index contributed by atoms with van der Waals surface area (Å²) < 4.78 is 2.89. The average molecular weight is 485 g/mol. The number of benzene rings is 3. The van der Waals surface area contributed by atoms with Crippen LogP contribution in [0.15, 0.2) is 101 Å². The summed E-state index contributed by atoms with van der Waals surface area (Å²) in [6.45, 7) is 1.56. The summed E-state index contributed by atoms with van der Waals surface area (Å²) in [5.41, 5.74) is 5.72. The molecule has 1 aliphatic heterocycles. The highest BCUT2D eigenvalue weighted by atomic mass is 79.9. The topological polar surface area (TPSA) is 50.5 Å². The molecule has 0 fully saturated rings. The smallest absolute Gasteiger partial charge is 0.240 e. The second-order valence-electron chi connectivity index (χ2n) is 7.72. The van der Waals surface area contributed by atoms with Gasteiger partial charge in [-0.2, -0.15) is 10.2 Å². The molecule has 1 atom stereocenters. The lowest BCUT2D eigenvalue weighted by Crippen LogP contribution is -2.24. The fraction of sp³-hybridized carbons (Fsp3) is 0.115. The van der Waals surface area contributed by atoms with Crippen molar-refractivity contribution in [3.63, 3.8) is 0 Å². The number of nitrogens with zero attached hydrogens (tertiary/aromatic N) is 4. The van der Waals surface area contributed by atoms with Crippen molar-refractivity contribution in [2.24, 2.45) is 5.10 Å². The number of rotatable bonds is 4. The van der Waals surface area contributed by atoms with Gasteiger partial charge in [0.2, 0.25) is 5.91 Å². The maximum atomic E-state index is 12.6. The van der Waals surface area contributed by atoms with E-state index in [1.165, 1.54) is 0 Å². The molecule has 0 saturated heterocycles. The Kier molecular flexibility index (Phi) is 5.45. The molecular weight excluding hydrogens is 464 g/mol. The first-order valence-corrected chi connectivity index (χ1v) is 11.2. The van der Waals surface area contributed by atoms with Crippen molar-refractivity contribution in [3.8, 4) is 16.9 Å². The fourth-order valence-corrected chi connectivity index (χ4v) is 4.29. The quantitative estimate of drug-likeness (QED) is 0.356. The lowest BCUT2D eigenvalue weighted by Gasteiger charge is -2.20. The summed E-state index contributed by atoms with van der Waals surface area (Å²) in [5, 5.41) is 11.2. The van der Waals surface area contributed by atoms with Crippen molar-refractivity contribution in [2.45, 2.75) is 19.4 Å². The SMILES string of the molecule is CC(=O)N1N=C(c2ccc(Br)cc2)CC1c1cn(-c2ccccc2)nc1-c1ccccc1. The van der Waals surface area contributed by atoms with Crippen LogP contribution in [-0.2, 0) is 4.79 Å². The predicted octanol–water partition coefficient (Wildman–Crippen LogP) is 6.00. The largest absolute Gasteiger partial charge is 0.273 e. The third-order valence-electron chi connectivity index (χ3n) is 5.58. The Hall–Kier alpha value is -3.51. The molecule has 3 aromatic carbocycles. The van der Waals surface area contributed by atoms with Crippen molar-refractivity contribution >= 4 is 27.5 Å². The highest BCUT2D eigenvalue weighted by Gasteiger charge is 2.34. The van der Waals surface area contributed by atoms with Crippen LogP contribution in [0.4, 0.5) is 0 Å². The lowest BCUT2D eigenvalue weighted by atomic mass is 9.96. The Labute approximate surface area is 195 Å². The van der Waals surface area contributed by atoms with Crippen LogP contribution in [0, 0.1) is 0 Å². The molecule has 0 bridgehead atoms. The zero-order valence-corrected chi connectivity index (χ0v) is 19.1. The highest BCUT2D eigenvalue weighted by molar-refractivity contribution is 9.10. The summed E-state index contributed by atoms with van der Waals surface area (Å²) in [5.74, 6) is -0.0893. The third-order valence-corrected chi connectivity index (χ3v) is 6.11. The fourth-order valence-electron chi connectivity index (χ4n) is 4.02. The molecule has 5 nitrogen and oxygen atoms in total. The monoisotopic (exact) mass is 484 g/mol. The summed E-state index contributed by atoms with van der Waals surface area (Å²) in [6.07, 6.45) is 2.65. The van der Waals surface area contributed by atoms with Crippen molar-refractivity contribution in [1.82, 2.24) is 14.8 Å². The molecule has 32 heavy (non-hydrogen) atoms. The van der Waals surface area contributed by atoms with Crippen LogP contribution in [0.5, 0.6) is 0 Å². The number of aromatic nitrogens is 2. The molecule has 158 valence electrons. The van der Waals surface area contributed by atoms with Gasteiger partial charge in [-0.3, -0.25) is 4.79 Å². The van der Waals surface area contributed by atoms with Crippen LogP contribution in [0.1, 0.15) is 30.5 Å². The number of carbonyl (C=O) groups is 1. The maximum Gasteiger partial charge on any atom is 0.240 e. The molecule has 6 heteroatoms. The zero-order valence-electron chi connectivity index (χ0n) is 17.5. The summed E-state index contributed by atoms with van der Waals surface area (Å²) in [6, 6.07) is 27.9. The molecule has 0 aliphatic carbocycles. The second kappa shape index (κ2) is 8.55. The van der Waals surface area contributed by atoms with Crippen LogP contribution in [0.25, 0.3) is 16.9 Å². The van der Waals surface area contributed by atoms with E-state index in [0.717, 1.165) is 38.3 Å². The molecule has 4 aromatic rings. The summed E-state index contributed by atoms with van der Waals surface area (Å²) in [4.78, 5) is 12.6. The Bertz CT molecular complexity index is 1280. The number of halogens is 1. The number of hydrazone groups is 1. The van der Waals surface area contributed by atoms with Crippen molar-refractivity contribution in [2.75, 3.05) is 0 Å². The number of amides is 1. The van der Waals surface area contributed by atoms with E-state index < -0.39 is 0 Å². The number of carbonyl (C=O) groups excluding carboxylic acids is 1. The molecule has 2 heterocycles. The van der Waals surface area contributed by atoms with Crippen LogP contribution in [0.2, 0.25) is 0 Å². The number of hydrogen-bond acceptors (Lipinski definition) is 3. The first-order chi connectivity index (χ1) is 15.6. The van der Waals surface area contributed by atoms with Gasteiger partial charge >= 0.3 is 0 Å². The first kappa shape index (κ1) is 20.4. The molecule has 5 rings (SSSR count). The lowest BCUT2D eigenvalue weighted by molar-refractivity contribution is -0.130. The van der Waals surface area contributed by atoms with Gasteiger partial charge in [-0.25, -0.2) is 9.69 Å². The average Bonchev–Trinajstić information content (AvgIpc) is 3.46. The third kappa shape index (κ3) is 3.89. The number of hydrogen-bond donors (Lipinski definition) is 0. The molecule has 0 spiro atoms. The molecule has 0 N–H and O–H groups in total. The summed E-state index contributed by atoms with van der Waals surface area (Å²) >= 11 is 3.48. The molecule has 1 unspecified atom stereocenters. The molecule has 0 radical (unpaired) electrons. The molecule has 1 aliphatic rings. The molecule has 1 aromatic heterocycles. The van der Waals surface area contributed by atoms with E-state index in [1.807, 2.05) is 95.8 Å². The minimum Gasteiger partial charge on any atom is -0.273 e. The Morgan fingerprint density at radius 1 is 0.906 bits per heavy atom. The Morgan fingerprint density at radius 2 is 1.56 bits per heavy atom.